The molecule has 0 amide bonds. The third-order valence-corrected chi connectivity index (χ3v) is 4.72. The van der Waals surface area contributed by atoms with E-state index in [1.165, 1.54) is 22.4 Å². The van der Waals surface area contributed by atoms with Crippen molar-refractivity contribution >= 4 is 5.82 Å². The molecule has 4 heteroatoms. The van der Waals surface area contributed by atoms with Crippen LogP contribution < -0.4 is 5.32 Å². The van der Waals surface area contributed by atoms with Gasteiger partial charge in [0.25, 0.3) is 0 Å². The van der Waals surface area contributed by atoms with Crippen LogP contribution >= 0.6 is 0 Å². The molecular formula is C17H21N3O. The number of fused-ring (bicyclic) bond motifs is 1. The molecule has 21 heavy (non-hydrogen) atoms. The lowest BCUT2D eigenvalue weighted by molar-refractivity contribution is 0.107. The minimum Gasteiger partial charge on any atom is -0.372 e. The number of aryl methyl sites for hydroxylation is 1. The molecule has 1 atom stereocenters. The molecule has 110 valence electrons. The molecule has 0 bridgehead atoms. The van der Waals surface area contributed by atoms with E-state index in [2.05, 4.69) is 42.0 Å². The molecule has 2 aromatic rings. The van der Waals surface area contributed by atoms with E-state index < -0.39 is 0 Å². The maximum absolute atomic E-state index is 5.86. The Morgan fingerprint density at radius 1 is 1.33 bits per heavy atom. The number of nitrogens with one attached hydrogen (secondary N) is 1. The third-order valence-electron chi connectivity index (χ3n) is 4.72. The Kier molecular flexibility index (Phi) is 3.00. The van der Waals surface area contributed by atoms with Crippen LogP contribution in [0.1, 0.15) is 41.3 Å². The lowest BCUT2D eigenvalue weighted by Gasteiger charge is -2.12. The van der Waals surface area contributed by atoms with Crippen molar-refractivity contribution in [2.45, 2.75) is 39.2 Å². The number of hydrogen-bond donors (Lipinski definition) is 1. The smallest absolute Gasteiger partial charge is 0.133 e. The van der Waals surface area contributed by atoms with Gasteiger partial charge in [0, 0.05) is 18.7 Å². The number of aromatic nitrogens is 2. The number of anilines is 1. The van der Waals surface area contributed by atoms with Crippen LogP contribution in [0.15, 0.2) is 18.2 Å². The summed E-state index contributed by atoms with van der Waals surface area (Å²) < 4.78 is 7.95. The van der Waals surface area contributed by atoms with Crippen LogP contribution in [0.4, 0.5) is 5.82 Å². The van der Waals surface area contributed by atoms with E-state index in [0.717, 1.165) is 43.9 Å². The zero-order chi connectivity index (χ0) is 14.4. The molecule has 3 heterocycles. The summed E-state index contributed by atoms with van der Waals surface area (Å²) in [6.07, 6.45) is 3.47. The molecule has 0 aliphatic carbocycles. The van der Waals surface area contributed by atoms with Crippen LogP contribution in [0.3, 0.4) is 0 Å². The molecule has 4 nitrogen and oxygen atoms in total. The maximum atomic E-state index is 5.86. The normalized spacial score (nSPS) is 20.6. The van der Waals surface area contributed by atoms with Gasteiger partial charge in [0.1, 0.15) is 11.9 Å². The molecule has 1 N–H and O–H groups in total. The van der Waals surface area contributed by atoms with E-state index in [9.17, 15) is 0 Å². The predicted octanol–water partition coefficient (Wildman–Crippen LogP) is 3.31. The summed E-state index contributed by atoms with van der Waals surface area (Å²) in [6.45, 7) is 6.18. The number of nitrogens with zero attached hydrogens (tertiary/aromatic N) is 2. The van der Waals surface area contributed by atoms with Gasteiger partial charge in [-0.2, -0.15) is 5.10 Å². The summed E-state index contributed by atoms with van der Waals surface area (Å²) in [5, 5.41) is 8.42. The van der Waals surface area contributed by atoms with Gasteiger partial charge in [0.2, 0.25) is 0 Å². The van der Waals surface area contributed by atoms with Crippen LogP contribution in [0.2, 0.25) is 0 Å². The van der Waals surface area contributed by atoms with Crippen LogP contribution in [0, 0.1) is 13.8 Å². The van der Waals surface area contributed by atoms with Gasteiger partial charge >= 0.3 is 0 Å². The van der Waals surface area contributed by atoms with Gasteiger partial charge in [-0.1, -0.05) is 12.1 Å². The highest BCUT2D eigenvalue weighted by atomic mass is 16.5. The fraction of sp³-hybridized carbons (Fsp3) is 0.471. The SMILES string of the molecule is Cc1cccc(-n2nc(C3CCCO3)c3c2NCC3)c1C. The van der Waals surface area contributed by atoms with E-state index in [4.69, 9.17) is 9.84 Å². The van der Waals surface area contributed by atoms with Crippen molar-refractivity contribution in [1.29, 1.82) is 0 Å². The van der Waals surface area contributed by atoms with Crippen LogP contribution in [-0.2, 0) is 11.2 Å². The van der Waals surface area contributed by atoms with E-state index in [1.54, 1.807) is 0 Å². The first kappa shape index (κ1) is 12.9. The van der Waals surface area contributed by atoms with Crippen molar-refractivity contribution in [3.05, 3.63) is 40.6 Å². The van der Waals surface area contributed by atoms with Gasteiger partial charge in [0.15, 0.2) is 0 Å². The molecule has 1 aromatic carbocycles. The molecule has 2 aliphatic heterocycles. The molecule has 2 aliphatic rings. The molecule has 4 rings (SSSR count). The van der Waals surface area contributed by atoms with Gasteiger partial charge in [-0.25, -0.2) is 4.68 Å². The fourth-order valence-corrected chi connectivity index (χ4v) is 3.39. The molecular weight excluding hydrogens is 262 g/mol. The summed E-state index contributed by atoms with van der Waals surface area (Å²) in [7, 11) is 0. The highest BCUT2D eigenvalue weighted by molar-refractivity contribution is 5.59. The van der Waals surface area contributed by atoms with E-state index >= 15 is 0 Å². The highest BCUT2D eigenvalue weighted by Crippen LogP contribution is 2.37. The van der Waals surface area contributed by atoms with Crippen LogP contribution in [0.25, 0.3) is 5.69 Å². The van der Waals surface area contributed by atoms with Crippen LogP contribution in [-0.4, -0.2) is 22.9 Å². The Morgan fingerprint density at radius 3 is 3.05 bits per heavy atom. The molecule has 1 aromatic heterocycles. The summed E-state index contributed by atoms with van der Waals surface area (Å²) in [5.41, 5.74) is 6.25. The van der Waals surface area contributed by atoms with E-state index in [1.807, 2.05) is 0 Å². The highest BCUT2D eigenvalue weighted by Gasteiger charge is 2.30. The summed E-state index contributed by atoms with van der Waals surface area (Å²) >= 11 is 0. The van der Waals surface area contributed by atoms with Crippen molar-refractivity contribution in [2.24, 2.45) is 0 Å². The second-order valence-electron chi connectivity index (χ2n) is 6.02. The first-order valence-electron chi connectivity index (χ1n) is 7.79. The number of rotatable bonds is 2. The second kappa shape index (κ2) is 4.88. The maximum Gasteiger partial charge on any atom is 0.133 e. The van der Waals surface area contributed by atoms with Gasteiger partial charge in [-0.3, -0.25) is 0 Å². The molecule has 0 saturated carbocycles. The molecule has 1 fully saturated rings. The monoisotopic (exact) mass is 283 g/mol. The van der Waals surface area contributed by atoms with Gasteiger partial charge < -0.3 is 10.1 Å². The fourth-order valence-electron chi connectivity index (χ4n) is 3.39. The summed E-state index contributed by atoms with van der Waals surface area (Å²) in [4.78, 5) is 0. The van der Waals surface area contributed by atoms with Gasteiger partial charge in [-0.15, -0.1) is 0 Å². The minimum atomic E-state index is 0.185. The van der Waals surface area contributed by atoms with Crippen molar-refractivity contribution in [2.75, 3.05) is 18.5 Å². The lowest BCUT2D eigenvalue weighted by atomic mass is 10.1. The summed E-state index contributed by atoms with van der Waals surface area (Å²) in [6, 6.07) is 6.40. The lowest BCUT2D eigenvalue weighted by Crippen LogP contribution is -2.08. The largest absolute Gasteiger partial charge is 0.372 e. The zero-order valence-electron chi connectivity index (χ0n) is 12.6. The van der Waals surface area contributed by atoms with Crippen molar-refractivity contribution in [3.8, 4) is 5.69 Å². The summed E-state index contributed by atoms with van der Waals surface area (Å²) in [5.74, 6) is 1.16. The Balaban J connectivity index is 1.86. The first-order chi connectivity index (χ1) is 10.3. The topological polar surface area (TPSA) is 39.1 Å². The van der Waals surface area contributed by atoms with E-state index in [-0.39, 0.29) is 6.10 Å². The average Bonchev–Trinajstić information content (AvgIpc) is 3.17. The number of ether oxygens (including phenoxy) is 1. The van der Waals surface area contributed by atoms with Crippen molar-refractivity contribution in [3.63, 3.8) is 0 Å². The van der Waals surface area contributed by atoms with E-state index in [0.29, 0.717) is 0 Å². The average molecular weight is 283 g/mol. The second-order valence-corrected chi connectivity index (χ2v) is 6.02. The number of benzene rings is 1. The van der Waals surface area contributed by atoms with Gasteiger partial charge in [0.05, 0.1) is 11.4 Å². The predicted molar refractivity (Wildman–Crippen MR) is 83.2 cm³/mol. The molecule has 0 spiro atoms. The quantitative estimate of drug-likeness (QED) is 0.919. The van der Waals surface area contributed by atoms with Crippen molar-refractivity contribution < 1.29 is 4.74 Å². The Hall–Kier alpha value is -1.81. The zero-order valence-corrected chi connectivity index (χ0v) is 12.6. The Labute approximate surface area is 125 Å². The first-order valence-corrected chi connectivity index (χ1v) is 7.79. The van der Waals surface area contributed by atoms with Crippen molar-refractivity contribution in [1.82, 2.24) is 9.78 Å². The third kappa shape index (κ3) is 1.97. The molecule has 1 saturated heterocycles. The van der Waals surface area contributed by atoms with Crippen LogP contribution in [0.5, 0.6) is 0 Å². The Bertz CT molecular complexity index is 684. The molecule has 1 unspecified atom stereocenters. The minimum absolute atomic E-state index is 0.185. The van der Waals surface area contributed by atoms with Gasteiger partial charge in [-0.05, 0) is 50.3 Å². The number of hydrogen-bond acceptors (Lipinski definition) is 3. The standard InChI is InChI=1S/C17H21N3O/c1-11-5-3-6-14(12(11)2)20-17-13(8-9-18-17)16(19-20)15-7-4-10-21-15/h3,5-6,15,18H,4,7-10H2,1-2H3. The molecule has 0 radical (unpaired) electrons. The Morgan fingerprint density at radius 2 is 2.24 bits per heavy atom.